The van der Waals surface area contributed by atoms with Crippen molar-refractivity contribution in [1.82, 2.24) is 10.2 Å². The lowest BCUT2D eigenvalue weighted by atomic mass is 9.90. The zero-order valence-corrected chi connectivity index (χ0v) is 20.3. The maximum atomic E-state index is 13.6. The molecule has 2 aromatic rings. The Labute approximate surface area is 196 Å². The Balaban J connectivity index is 1.52. The molecule has 4 rings (SSSR count). The third-order valence-corrected chi connectivity index (χ3v) is 7.90. The van der Waals surface area contributed by atoms with Crippen LogP contribution in [-0.4, -0.2) is 50.0 Å². The predicted molar refractivity (Wildman–Crippen MR) is 127 cm³/mol. The molecule has 0 saturated carbocycles. The summed E-state index contributed by atoms with van der Waals surface area (Å²) >= 11 is 0. The molecule has 1 aliphatic heterocycles. The molecule has 33 heavy (non-hydrogen) atoms. The van der Waals surface area contributed by atoms with Gasteiger partial charge in [0.1, 0.15) is 12.1 Å². The average Bonchev–Trinajstić information content (AvgIpc) is 3.19. The first-order valence-corrected chi connectivity index (χ1v) is 13.5. The Morgan fingerprint density at radius 2 is 1.61 bits per heavy atom. The van der Waals surface area contributed by atoms with Gasteiger partial charge in [-0.3, -0.25) is 9.59 Å². The van der Waals surface area contributed by atoms with E-state index in [2.05, 4.69) is 31.3 Å². The van der Waals surface area contributed by atoms with Crippen molar-refractivity contribution in [1.29, 1.82) is 0 Å². The molecule has 0 bridgehead atoms. The summed E-state index contributed by atoms with van der Waals surface area (Å²) in [6.45, 7) is 4.54. The fourth-order valence-electron chi connectivity index (χ4n) is 5.03. The van der Waals surface area contributed by atoms with Crippen molar-refractivity contribution in [2.45, 2.75) is 56.5 Å². The molecule has 1 N–H and O–H groups in total. The Bertz CT molecular complexity index is 1120. The number of nitrogens with one attached hydrogen (secondary N) is 1. The van der Waals surface area contributed by atoms with Crippen LogP contribution < -0.4 is 5.32 Å². The van der Waals surface area contributed by atoms with Gasteiger partial charge in [-0.05, 0) is 66.3 Å². The molecule has 176 valence electrons. The van der Waals surface area contributed by atoms with Gasteiger partial charge in [-0.1, -0.05) is 50.2 Å². The molecule has 2 aliphatic rings. The third kappa shape index (κ3) is 5.13. The van der Waals surface area contributed by atoms with E-state index in [0.717, 1.165) is 18.4 Å². The van der Waals surface area contributed by atoms with Gasteiger partial charge in [-0.25, -0.2) is 8.42 Å². The molecular weight excluding hydrogens is 436 g/mol. The zero-order chi connectivity index (χ0) is 23.8. The van der Waals surface area contributed by atoms with Crippen molar-refractivity contribution in [3.63, 3.8) is 0 Å². The maximum absolute atomic E-state index is 13.6. The second-order valence-electron chi connectivity index (χ2n) is 9.77. The Hall–Kier alpha value is -2.67. The van der Waals surface area contributed by atoms with Crippen LogP contribution in [0.5, 0.6) is 0 Å². The number of carbonyl (C=O) groups excluding carboxylic acids is 2. The molecule has 1 heterocycles. The van der Waals surface area contributed by atoms with E-state index in [4.69, 9.17) is 0 Å². The topological polar surface area (TPSA) is 83.6 Å². The summed E-state index contributed by atoms with van der Waals surface area (Å²) in [6, 6.07) is 14.0. The fourth-order valence-corrected chi connectivity index (χ4v) is 5.66. The third-order valence-electron chi connectivity index (χ3n) is 6.77. The first kappa shape index (κ1) is 23.5. The highest BCUT2D eigenvalue weighted by Gasteiger charge is 2.44. The first-order chi connectivity index (χ1) is 15.6. The second kappa shape index (κ2) is 9.29. The summed E-state index contributed by atoms with van der Waals surface area (Å²) in [5, 5.41) is 3.05. The van der Waals surface area contributed by atoms with Gasteiger partial charge in [0.05, 0.1) is 4.90 Å². The molecular formula is C26H32N2O4S. The Kier molecular flexibility index (Phi) is 6.61. The Morgan fingerprint density at radius 3 is 2.15 bits per heavy atom. The number of piperazine rings is 1. The van der Waals surface area contributed by atoms with Crippen LogP contribution in [-0.2, 0) is 38.7 Å². The summed E-state index contributed by atoms with van der Waals surface area (Å²) < 4.78 is 23.4. The number of amides is 2. The van der Waals surface area contributed by atoms with Crippen molar-refractivity contribution in [3.05, 3.63) is 65.2 Å². The fraction of sp³-hybridized carbons (Fsp3) is 0.462. The molecule has 0 aromatic heterocycles. The van der Waals surface area contributed by atoms with Crippen LogP contribution in [0.15, 0.2) is 53.4 Å². The summed E-state index contributed by atoms with van der Waals surface area (Å²) in [5.74, 6) is 0.260. The maximum Gasteiger partial charge on any atom is 0.246 e. The van der Waals surface area contributed by atoms with Crippen molar-refractivity contribution >= 4 is 21.7 Å². The minimum atomic E-state index is -3.25. The van der Waals surface area contributed by atoms with E-state index in [1.165, 1.54) is 17.4 Å². The average molecular weight is 469 g/mol. The summed E-state index contributed by atoms with van der Waals surface area (Å²) in [5.41, 5.74) is 3.45. The zero-order valence-electron chi connectivity index (χ0n) is 19.5. The SMILES string of the molecule is CC(C)C[C@@H]1C(=O)N[C@H](C2Cc3ccccc3C2)C(=O)N1CCc1ccc(S(C)(=O)=O)cc1. The number of nitrogens with zero attached hydrogens (tertiary/aromatic N) is 1. The monoisotopic (exact) mass is 468 g/mol. The summed E-state index contributed by atoms with van der Waals surface area (Å²) in [4.78, 5) is 28.8. The molecule has 1 saturated heterocycles. The minimum Gasteiger partial charge on any atom is -0.342 e. The van der Waals surface area contributed by atoms with Gasteiger partial charge >= 0.3 is 0 Å². The van der Waals surface area contributed by atoms with Crippen LogP contribution in [0, 0.1) is 11.8 Å². The quantitative estimate of drug-likeness (QED) is 0.677. The highest BCUT2D eigenvalue weighted by Crippen LogP contribution is 2.31. The number of benzene rings is 2. The normalized spacial score (nSPS) is 21.4. The number of fused-ring (bicyclic) bond motifs is 1. The molecule has 0 unspecified atom stereocenters. The van der Waals surface area contributed by atoms with Crippen LogP contribution in [0.4, 0.5) is 0 Å². The van der Waals surface area contributed by atoms with Gasteiger partial charge in [0.25, 0.3) is 0 Å². The van der Waals surface area contributed by atoms with E-state index < -0.39 is 21.9 Å². The number of rotatable bonds is 7. The molecule has 0 spiro atoms. The van der Waals surface area contributed by atoms with E-state index in [9.17, 15) is 18.0 Å². The highest BCUT2D eigenvalue weighted by molar-refractivity contribution is 7.90. The smallest absolute Gasteiger partial charge is 0.246 e. The summed E-state index contributed by atoms with van der Waals surface area (Å²) in [7, 11) is -3.25. The second-order valence-corrected chi connectivity index (χ2v) is 11.8. The van der Waals surface area contributed by atoms with E-state index in [1.54, 1.807) is 29.2 Å². The van der Waals surface area contributed by atoms with Crippen LogP contribution in [0.3, 0.4) is 0 Å². The molecule has 1 aliphatic carbocycles. The molecule has 2 aromatic carbocycles. The highest BCUT2D eigenvalue weighted by atomic mass is 32.2. The largest absolute Gasteiger partial charge is 0.342 e. The van der Waals surface area contributed by atoms with Gasteiger partial charge in [-0.2, -0.15) is 0 Å². The van der Waals surface area contributed by atoms with Crippen LogP contribution in [0.1, 0.15) is 37.0 Å². The van der Waals surface area contributed by atoms with Gasteiger partial charge in [0.15, 0.2) is 9.84 Å². The molecule has 0 radical (unpaired) electrons. The molecule has 7 heteroatoms. The lowest BCUT2D eigenvalue weighted by Crippen LogP contribution is -2.65. The van der Waals surface area contributed by atoms with Gasteiger partial charge in [0, 0.05) is 12.8 Å². The standard InChI is InChI=1S/C26H32N2O4S/c1-17(2)14-23-25(29)27-24(21-15-19-6-4-5-7-20(19)16-21)26(30)28(23)13-12-18-8-10-22(11-9-18)33(3,31)32/h4-11,17,21,23-24H,12-16H2,1-3H3,(H,27,29)/t23-,24-/m1/s1. The van der Waals surface area contributed by atoms with Crippen LogP contribution >= 0.6 is 0 Å². The number of hydrogen-bond acceptors (Lipinski definition) is 4. The van der Waals surface area contributed by atoms with E-state index in [1.807, 2.05) is 12.1 Å². The van der Waals surface area contributed by atoms with Gasteiger partial charge < -0.3 is 10.2 Å². The van der Waals surface area contributed by atoms with Crippen LogP contribution in [0.2, 0.25) is 0 Å². The lowest BCUT2D eigenvalue weighted by molar-refractivity contribution is -0.151. The molecule has 6 nitrogen and oxygen atoms in total. The molecule has 1 fully saturated rings. The van der Waals surface area contributed by atoms with Crippen molar-refractivity contribution in [2.24, 2.45) is 11.8 Å². The van der Waals surface area contributed by atoms with Crippen molar-refractivity contribution in [2.75, 3.05) is 12.8 Å². The van der Waals surface area contributed by atoms with E-state index in [-0.39, 0.29) is 28.5 Å². The first-order valence-electron chi connectivity index (χ1n) is 11.6. The predicted octanol–water partition coefficient (Wildman–Crippen LogP) is 2.79. The van der Waals surface area contributed by atoms with Gasteiger partial charge in [0.2, 0.25) is 11.8 Å². The van der Waals surface area contributed by atoms with Crippen molar-refractivity contribution < 1.29 is 18.0 Å². The summed E-state index contributed by atoms with van der Waals surface area (Å²) in [6.07, 6.45) is 3.95. The van der Waals surface area contributed by atoms with E-state index in [0.29, 0.717) is 19.4 Å². The lowest BCUT2D eigenvalue weighted by Gasteiger charge is -2.41. The van der Waals surface area contributed by atoms with Crippen LogP contribution in [0.25, 0.3) is 0 Å². The Morgan fingerprint density at radius 1 is 1.00 bits per heavy atom. The van der Waals surface area contributed by atoms with Gasteiger partial charge in [-0.15, -0.1) is 0 Å². The number of hydrogen-bond donors (Lipinski definition) is 1. The minimum absolute atomic E-state index is 0.00851. The number of sulfone groups is 1. The van der Waals surface area contributed by atoms with Crippen molar-refractivity contribution in [3.8, 4) is 0 Å². The molecule has 2 atom stereocenters. The van der Waals surface area contributed by atoms with E-state index >= 15 is 0 Å². The number of carbonyl (C=O) groups is 2. The molecule has 2 amide bonds.